The van der Waals surface area contributed by atoms with E-state index in [1.165, 1.54) is 4.68 Å². The molecule has 0 fully saturated rings. The van der Waals surface area contributed by atoms with Gasteiger partial charge in [-0.3, -0.25) is 4.79 Å². The van der Waals surface area contributed by atoms with E-state index in [1.807, 2.05) is 6.92 Å². The lowest BCUT2D eigenvalue weighted by atomic mass is 10.1. The Morgan fingerprint density at radius 3 is 2.67 bits per heavy atom. The number of halogens is 2. The van der Waals surface area contributed by atoms with Crippen LogP contribution in [0.2, 0.25) is 0 Å². The van der Waals surface area contributed by atoms with Crippen molar-refractivity contribution in [2.45, 2.75) is 19.8 Å². The van der Waals surface area contributed by atoms with Gasteiger partial charge in [-0.2, -0.15) is 5.10 Å². The molecule has 6 nitrogen and oxygen atoms in total. The molecular weight excluding hydrogens is 356 g/mol. The van der Waals surface area contributed by atoms with E-state index >= 15 is 0 Å². The van der Waals surface area contributed by atoms with Crippen molar-refractivity contribution in [3.8, 4) is 22.7 Å². The minimum atomic E-state index is -0.993. The molecule has 0 bridgehead atoms. The average Bonchev–Trinajstić information content (AvgIpc) is 3.06. The van der Waals surface area contributed by atoms with E-state index in [1.54, 1.807) is 30.7 Å². The van der Waals surface area contributed by atoms with E-state index in [2.05, 4.69) is 10.1 Å². The first-order valence-corrected chi connectivity index (χ1v) is 8.26. The number of hydrogen-bond acceptors (Lipinski definition) is 4. The second-order valence-corrected chi connectivity index (χ2v) is 5.95. The topological polar surface area (TPSA) is 77.2 Å². The minimum Gasteiger partial charge on any atom is -0.488 e. The third-order valence-corrected chi connectivity index (χ3v) is 3.81. The molecule has 140 valence electrons. The summed E-state index contributed by atoms with van der Waals surface area (Å²) >= 11 is 0. The van der Waals surface area contributed by atoms with E-state index in [4.69, 9.17) is 9.84 Å². The molecule has 0 aliphatic rings. The molecule has 0 radical (unpaired) electrons. The van der Waals surface area contributed by atoms with Gasteiger partial charge in [0.05, 0.1) is 12.8 Å². The van der Waals surface area contributed by atoms with Crippen LogP contribution in [0.4, 0.5) is 8.78 Å². The molecule has 1 N–H and O–H groups in total. The van der Waals surface area contributed by atoms with Gasteiger partial charge in [-0.25, -0.2) is 18.4 Å². The molecule has 0 spiro atoms. The first-order valence-electron chi connectivity index (χ1n) is 8.26. The standard InChI is InChI=1S/C19H17F2N3O3/c1-12-10-23-24(11-12)19-14(4-2-6-22-19)13-8-15(20)18(16(21)9-13)27-7-3-5-17(25)26/h2,4,6,8-11H,3,5,7H2,1H3,(H,25,26). The number of carboxylic acids is 1. The highest BCUT2D eigenvalue weighted by Crippen LogP contribution is 2.31. The van der Waals surface area contributed by atoms with Crippen LogP contribution in [0.15, 0.2) is 42.9 Å². The van der Waals surface area contributed by atoms with Crippen LogP contribution in [-0.4, -0.2) is 32.4 Å². The Kier molecular flexibility index (Phi) is 5.44. The molecule has 8 heteroatoms. The van der Waals surface area contributed by atoms with Crippen LogP contribution in [0.3, 0.4) is 0 Å². The molecule has 0 saturated heterocycles. The number of aromatic nitrogens is 3. The summed E-state index contributed by atoms with van der Waals surface area (Å²) in [6.07, 6.45) is 5.01. The minimum absolute atomic E-state index is 0.0931. The number of aryl methyl sites for hydroxylation is 1. The van der Waals surface area contributed by atoms with E-state index in [0.29, 0.717) is 16.9 Å². The number of carboxylic acid groups (broad SMARTS) is 1. The molecule has 0 aliphatic carbocycles. The van der Waals surface area contributed by atoms with Crippen LogP contribution in [0.5, 0.6) is 5.75 Å². The monoisotopic (exact) mass is 373 g/mol. The lowest BCUT2D eigenvalue weighted by Gasteiger charge is -2.12. The van der Waals surface area contributed by atoms with E-state index in [-0.39, 0.29) is 19.4 Å². The molecule has 3 aromatic rings. The number of carbonyl (C=O) groups is 1. The summed E-state index contributed by atoms with van der Waals surface area (Å²) in [5, 5.41) is 12.8. The highest BCUT2D eigenvalue weighted by Gasteiger charge is 2.17. The Hall–Kier alpha value is -3.29. The fourth-order valence-corrected chi connectivity index (χ4v) is 2.58. The average molecular weight is 373 g/mol. The quantitative estimate of drug-likeness (QED) is 0.638. The SMILES string of the molecule is Cc1cnn(-c2ncccc2-c2cc(F)c(OCCCC(=O)O)c(F)c2)c1. The van der Waals surface area contributed by atoms with Crippen LogP contribution >= 0.6 is 0 Å². The van der Waals surface area contributed by atoms with Gasteiger partial charge in [0.1, 0.15) is 0 Å². The molecule has 2 heterocycles. The van der Waals surface area contributed by atoms with Gasteiger partial charge in [0.25, 0.3) is 0 Å². The summed E-state index contributed by atoms with van der Waals surface area (Å²) in [6.45, 7) is 1.78. The number of aliphatic carboxylic acids is 1. The largest absolute Gasteiger partial charge is 0.488 e. The maximum atomic E-state index is 14.4. The third-order valence-electron chi connectivity index (χ3n) is 3.81. The lowest BCUT2D eigenvalue weighted by molar-refractivity contribution is -0.137. The Morgan fingerprint density at radius 2 is 2.04 bits per heavy atom. The Morgan fingerprint density at radius 1 is 1.30 bits per heavy atom. The summed E-state index contributed by atoms with van der Waals surface area (Å²) in [5.41, 5.74) is 1.73. The molecule has 0 saturated carbocycles. The normalized spacial score (nSPS) is 10.8. The van der Waals surface area contributed by atoms with Gasteiger partial charge in [0, 0.05) is 24.4 Å². The summed E-state index contributed by atoms with van der Waals surface area (Å²) in [4.78, 5) is 14.7. The van der Waals surface area contributed by atoms with Gasteiger partial charge < -0.3 is 9.84 Å². The Balaban J connectivity index is 1.90. The first-order chi connectivity index (χ1) is 13.0. The third kappa shape index (κ3) is 4.28. The van der Waals surface area contributed by atoms with Crippen molar-refractivity contribution in [1.82, 2.24) is 14.8 Å². The van der Waals surface area contributed by atoms with Crippen molar-refractivity contribution in [2.24, 2.45) is 0 Å². The highest BCUT2D eigenvalue weighted by atomic mass is 19.1. The lowest BCUT2D eigenvalue weighted by Crippen LogP contribution is -2.05. The second-order valence-electron chi connectivity index (χ2n) is 5.95. The van der Waals surface area contributed by atoms with Crippen LogP contribution in [-0.2, 0) is 4.79 Å². The predicted molar refractivity (Wildman–Crippen MR) is 93.8 cm³/mol. The molecule has 27 heavy (non-hydrogen) atoms. The number of nitrogens with zero attached hydrogens (tertiary/aromatic N) is 3. The molecule has 0 unspecified atom stereocenters. The second kappa shape index (κ2) is 7.94. The summed E-state index contributed by atoms with van der Waals surface area (Å²) in [7, 11) is 0. The van der Waals surface area contributed by atoms with Gasteiger partial charge in [0.2, 0.25) is 0 Å². The maximum Gasteiger partial charge on any atom is 0.303 e. The number of hydrogen-bond donors (Lipinski definition) is 1. The first kappa shape index (κ1) is 18.5. The van der Waals surface area contributed by atoms with Crippen LogP contribution in [0, 0.1) is 18.6 Å². The Labute approximate surface area is 154 Å². The molecular formula is C19H17F2N3O3. The molecule has 1 aromatic carbocycles. The Bertz CT molecular complexity index is 949. The maximum absolute atomic E-state index is 14.4. The van der Waals surface area contributed by atoms with E-state index in [9.17, 15) is 13.6 Å². The molecule has 2 aromatic heterocycles. The smallest absolute Gasteiger partial charge is 0.303 e. The zero-order valence-corrected chi connectivity index (χ0v) is 14.5. The van der Waals surface area contributed by atoms with Crippen molar-refractivity contribution < 1.29 is 23.4 Å². The predicted octanol–water partition coefficient (Wildman–Crippen LogP) is 3.76. The number of pyridine rings is 1. The summed E-state index contributed by atoms with van der Waals surface area (Å²) in [5.74, 6) is -2.81. The van der Waals surface area contributed by atoms with Crippen LogP contribution < -0.4 is 4.74 Å². The fraction of sp³-hybridized carbons (Fsp3) is 0.211. The molecule has 0 amide bonds. The number of ether oxygens (including phenoxy) is 1. The molecule has 3 rings (SSSR count). The summed E-state index contributed by atoms with van der Waals surface area (Å²) in [6, 6.07) is 5.68. The van der Waals surface area contributed by atoms with Gasteiger partial charge >= 0.3 is 5.97 Å². The summed E-state index contributed by atoms with van der Waals surface area (Å²) < 4.78 is 35.4. The van der Waals surface area contributed by atoms with Crippen LogP contribution in [0.1, 0.15) is 18.4 Å². The van der Waals surface area contributed by atoms with Gasteiger partial charge in [-0.1, -0.05) is 0 Å². The zero-order valence-electron chi connectivity index (χ0n) is 14.5. The van der Waals surface area contributed by atoms with E-state index in [0.717, 1.165) is 17.7 Å². The number of benzene rings is 1. The van der Waals surface area contributed by atoms with Crippen molar-refractivity contribution in [3.05, 3.63) is 60.1 Å². The van der Waals surface area contributed by atoms with Crippen molar-refractivity contribution in [2.75, 3.05) is 6.61 Å². The van der Waals surface area contributed by atoms with Crippen LogP contribution in [0.25, 0.3) is 16.9 Å². The fourth-order valence-electron chi connectivity index (χ4n) is 2.58. The van der Waals surface area contributed by atoms with E-state index < -0.39 is 23.4 Å². The molecule has 0 atom stereocenters. The van der Waals surface area contributed by atoms with Gasteiger partial charge in [-0.15, -0.1) is 0 Å². The molecule has 0 aliphatic heterocycles. The van der Waals surface area contributed by atoms with Crippen molar-refractivity contribution in [1.29, 1.82) is 0 Å². The van der Waals surface area contributed by atoms with Gasteiger partial charge in [-0.05, 0) is 48.7 Å². The van der Waals surface area contributed by atoms with Crippen molar-refractivity contribution in [3.63, 3.8) is 0 Å². The zero-order chi connectivity index (χ0) is 19.4. The van der Waals surface area contributed by atoms with Crippen molar-refractivity contribution >= 4 is 5.97 Å². The highest BCUT2D eigenvalue weighted by molar-refractivity contribution is 5.71. The van der Waals surface area contributed by atoms with Gasteiger partial charge in [0.15, 0.2) is 23.2 Å². The number of rotatable bonds is 7.